The van der Waals surface area contributed by atoms with Crippen LogP contribution in [-0.4, -0.2) is 29.5 Å². The Morgan fingerprint density at radius 1 is 1.41 bits per heavy atom. The zero-order chi connectivity index (χ0) is 13.0. The van der Waals surface area contributed by atoms with Crippen LogP contribution in [0, 0.1) is 6.92 Å². The van der Waals surface area contributed by atoms with Gasteiger partial charge < -0.3 is 20.6 Å². The molecule has 0 amide bonds. The molecular formula is C11H17BN2O3. The number of hydrogen-bond acceptors (Lipinski definition) is 5. The van der Waals surface area contributed by atoms with Crippen LogP contribution >= 0.6 is 0 Å². The molecule has 1 aromatic carbocycles. The van der Waals surface area contributed by atoms with E-state index >= 15 is 0 Å². The minimum Gasteiger partial charge on any atom is -0.491 e. The molecule has 0 spiro atoms. The van der Waals surface area contributed by atoms with Crippen LogP contribution in [0.2, 0.25) is 0 Å². The smallest absolute Gasteiger partial charge is 0.491 e. The van der Waals surface area contributed by atoms with Crippen LogP contribution in [0.1, 0.15) is 25.0 Å². The van der Waals surface area contributed by atoms with Gasteiger partial charge in [0.15, 0.2) is 0 Å². The van der Waals surface area contributed by atoms with Gasteiger partial charge >= 0.3 is 7.12 Å². The van der Waals surface area contributed by atoms with Gasteiger partial charge in [-0.3, -0.25) is 0 Å². The van der Waals surface area contributed by atoms with E-state index < -0.39 is 7.12 Å². The van der Waals surface area contributed by atoms with Crippen molar-refractivity contribution in [3.8, 4) is 5.75 Å². The van der Waals surface area contributed by atoms with Gasteiger partial charge in [0, 0.05) is 11.0 Å². The van der Waals surface area contributed by atoms with Crippen molar-refractivity contribution in [1.82, 2.24) is 0 Å². The third-order valence-corrected chi connectivity index (χ3v) is 2.14. The molecule has 0 radical (unpaired) electrons. The molecule has 6 heteroatoms. The van der Waals surface area contributed by atoms with Crippen molar-refractivity contribution in [3.63, 3.8) is 0 Å². The van der Waals surface area contributed by atoms with E-state index in [1.807, 2.05) is 26.8 Å². The molecule has 4 N–H and O–H groups in total. The average molecular weight is 236 g/mol. The van der Waals surface area contributed by atoms with Gasteiger partial charge in [0.1, 0.15) is 5.75 Å². The van der Waals surface area contributed by atoms with Gasteiger partial charge in [-0.1, -0.05) is 11.6 Å². The summed E-state index contributed by atoms with van der Waals surface area (Å²) >= 11 is 0. The second-order valence-electron chi connectivity index (χ2n) is 4.09. The molecule has 0 saturated carbocycles. The van der Waals surface area contributed by atoms with Crippen LogP contribution in [0.25, 0.3) is 0 Å². The Morgan fingerprint density at radius 2 is 2.06 bits per heavy atom. The minimum atomic E-state index is -1.59. The molecule has 1 rings (SSSR count). The lowest BCUT2D eigenvalue weighted by molar-refractivity contribution is 0.243. The molecule has 92 valence electrons. The van der Waals surface area contributed by atoms with Gasteiger partial charge in [-0.05, 0) is 26.8 Å². The quantitative estimate of drug-likeness (QED) is 0.291. The molecule has 0 atom stereocenters. The predicted molar refractivity (Wildman–Crippen MR) is 68.6 cm³/mol. The first kappa shape index (κ1) is 13.5. The van der Waals surface area contributed by atoms with Gasteiger partial charge in [-0.25, -0.2) is 0 Å². The highest BCUT2D eigenvalue weighted by atomic mass is 16.5. The van der Waals surface area contributed by atoms with Crippen molar-refractivity contribution in [2.24, 2.45) is 10.9 Å². The minimum absolute atomic E-state index is 0.0832. The molecule has 0 aliphatic heterocycles. The summed E-state index contributed by atoms with van der Waals surface area (Å²) in [5, 5.41) is 22.1. The Balaban J connectivity index is 3.36. The van der Waals surface area contributed by atoms with E-state index in [0.717, 1.165) is 5.56 Å². The lowest BCUT2D eigenvalue weighted by Crippen LogP contribution is -2.33. The van der Waals surface area contributed by atoms with Crippen molar-refractivity contribution in [2.75, 3.05) is 0 Å². The first-order valence-electron chi connectivity index (χ1n) is 5.36. The highest BCUT2D eigenvalue weighted by molar-refractivity contribution is 6.60. The van der Waals surface area contributed by atoms with Gasteiger partial charge in [-0.15, -0.1) is 0 Å². The topological polar surface area (TPSA) is 88.1 Å². The van der Waals surface area contributed by atoms with Crippen molar-refractivity contribution >= 4 is 18.8 Å². The van der Waals surface area contributed by atoms with E-state index in [-0.39, 0.29) is 6.10 Å². The van der Waals surface area contributed by atoms with Crippen LogP contribution in [0.3, 0.4) is 0 Å². The molecule has 17 heavy (non-hydrogen) atoms. The lowest BCUT2D eigenvalue weighted by atomic mass is 9.77. The largest absolute Gasteiger partial charge is 0.492 e. The fraction of sp³-hybridized carbons (Fsp3) is 0.364. The number of ether oxygens (including phenoxy) is 1. The lowest BCUT2D eigenvalue weighted by Gasteiger charge is -2.17. The molecule has 1 aromatic rings. The average Bonchev–Trinajstić information content (AvgIpc) is 2.21. The molecule has 0 aliphatic carbocycles. The summed E-state index contributed by atoms with van der Waals surface area (Å²) in [6.07, 6.45) is 1.34. The summed E-state index contributed by atoms with van der Waals surface area (Å²) in [5.41, 5.74) is 1.82. The van der Waals surface area contributed by atoms with Crippen molar-refractivity contribution in [2.45, 2.75) is 26.9 Å². The Kier molecular flexibility index (Phi) is 4.54. The Morgan fingerprint density at radius 3 is 2.53 bits per heavy atom. The first-order valence-corrected chi connectivity index (χ1v) is 5.36. The summed E-state index contributed by atoms with van der Waals surface area (Å²) < 4.78 is 5.58. The van der Waals surface area contributed by atoms with E-state index in [4.69, 9.17) is 10.6 Å². The van der Waals surface area contributed by atoms with Gasteiger partial charge in [0.2, 0.25) is 0 Å². The van der Waals surface area contributed by atoms with Crippen LogP contribution in [0.15, 0.2) is 17.2 Å². The number of nitrogens with two attached hydrogens (primary N) is 1. The molecule has 0 heterocycles. The van der Waals surface area contributed by atoms with Crippen LogP contribution in [0.5, 0.6) is 5.75 Å². The van der Waals surface area contributed by atoms with Crippen molar-refractivity contribution < 1.29 is 14.8 Å². The fourth-order valence-corrected chi connectivity index (χ4v) is 1.57. The summed E-state index contributed by atoms with van der Waals surface area (Å²) in [6, 6.07) is 3.48. The summed E-state index contributed by atoms with van der Waals surface area (Å²) in [4.78, 5) is 0. The number of nitrogens with zero attached hydrogens (tertiary/aromatic N) is 1. The molecule has 0 aromatic heterocycles. The summed E-state index contributed by atoms with van der Waals surface area (Å²) in [7, 11) is -1.59. The zero-order valence-corrected chi connectivity index (χ0v) is 10.2. The second-order valence-corrected chi connectivity index (χ2v) is 4.09. The van der Waals surface area contributed by atoms with Crippen LogP contribution in [0.4, 0.5) is 0 Å². The van der Waals surface area contributed by atoms with Gasteiger partial charge in [0.25, 0.3) is 0 Å². The fourth-order valence-electron chi connectivity index (χ4n) is 1.57. The maximum atomic E-state index is 9.33. The second kappa shape index (κ2) is 5.70. The zero-order valence-electron chi connectivity index (χ0n) is 10.2. The van der Waals surface area contributed by atoms with Gasteiger partial charge in [-0.2, -0.15) is 5.10 Å². The molecule has 0 bridgehead atoms. The van der Waals surface area contributed by atoms with E-state index in [9.17, 15) is 10.0 Å². The van der Waals surface area contributed by atoms with E-state index in [1.54, 1.807) is 6.07 Å². The third kappa shape index (κ3) is 3.47. The molecule has 0 aliphatic rings. The molecule has 0 fully saturated rings. The Hall–Kier alpha value is -1.53. The monoisotopic (exact) mass is 236 g/mol. The molecular weight excluding hydrogens is 219 g/mol. The predicted octanol–water partition coefficient (Wildman–Crippen LogP) is -0.245. The normalized spacial score (nSPS) is 11.2. The number of rotatable bonds is 4. The van der Waals surface area contributed by atoms with Gasteiger partial charge in [0.05, 0.1) is 12.3 Å². The van der Waals surface area contributed by atoms with E-state index in [0.29, 0.717) is 16.8 Å². The standard InChI is InChI=1S/C11H17BN2O3/c1-7(2)17-11-9(6-14-13)4-8(3)5-10(11)12(15)16/h4-7,15-16H,13H2,1-3H3. The molecule has 0 saturated heterocycles. The van der Waals surface area contributed by atoms with Crippen molar-refractivity contribution in [1.29, 1.82) is 0 Å². The Labute approximate surface area is 101 Å². The van der Waals surface area contributed by atoms with Crippen molar-refractivity contribution in [3.05, 3.63) is 23.3 Å². The highest BCUT2D eigenvalue weighted by Gasteiger charge is 2.21. The summed E-state index contributed by atoms with van der Waals surface area (Å²) in [6.45, 7) is 5.56. The number of benzene rings is 1. The van der Waals surface area contributed by atoms with E-state index in [2.05, 4.69) is 5.10 Å². The Bertz CT molecular complexity index is 419. The SMILES string of the molecule is Cc1cc(C=NN)c(OC(C)C)c(B(O)O)c1. The molecule has 5 nitrogen and oxygen atoms in total. The number of aryl methyl sites for hydroxylation is 1. The maximum Gasteiger partial charge on any atom is 0.492 e. The maximum absolute atomic E-state index is 9.33. The van der Waals surface area contributed by atoms with Crippen LogP contribution < -0.4 is 16.0 Å². The van der Waals surface area contributed by atoms with Crippen LogP contribution in [-0.2, 0) is 0 Å². The third-order valence-electron chi connectivity index (χ3n) is 2.14. The van der Waals surface area contributed by atoms with E-state index in [1.165, 1.54) is 6.21 Å². The number of hydrogen-bond donors (Lipinski definition) is 3. The highest BCUT2D eigenvalue weighted by Crippen LogP contribution is 2.18. The molecule has 0 unspecified atom stereocenters. The summed E-state index contributed by atoms with van der Waals surface area (Å²) in [5.74, 6) is 5.52. The first-order chi connectivity index (χ1) is 7.95. The number of hydrazone groups is 1.